The van der Waals surface area contributed by atoms with Crippen LogP contribution < -0.4 is 11.1 Å². The Kier molecular flexibility index (Phi) is 6.94. The topological polar surface area (TPSA) is 178 Å². The number of alkyl halides is 1. The number of amides is 1. The van der Waals surface area contributed by atoms with Crippen molar-refractivity contribution in [3.63, 3.8) is 0 Å². The minimum atomic E-state index is -2.13. The van der Waals surface area contributed by atoms with E-state index in [-0.39, 0.29) is 5.25 Å². The molecular formula is C19H30ClN5O7S. The van der Waals surface area contributed by atoms with Gasteiger partial charge in [0.15, 0.2) is 22.9 Å². The molecule has 0 aliphatic carbocycles. The van der Waals surface area contributed by atoms with E-state index in [1.165, 1.54) is 25.7 Å². The molecule has 0 aromatic rings. The summed E-state index contributed by atoms with van der Waals surface area (Å²) in [5.74, 6) is -1.71. The molecule has 33 heavy (non-hydrogen) atoms. The molecule has 8 atom stereocenters. The SMILES string of the molecule is CC(=O)N1C2N([C@@H]3O[C@H](CO)C(O)C3O)C=NC2(C(C)=O)C(N)(Cl)NC1(SC(C)C)C(C)=O. The van der Waals surface area contributed by atoms with E-state index in [1.807, 2.05) is 13.8 Å². The number of nitrogens with one attached hydrogen (secondary N) is 1. The molecule has 0 aromatic carbocycles. The van der Waals surface area contributed by atoms with Crippen molar-refractivity contribution in [2.75, 3.05) is 6.61 Å². The second-order valence-electron chi connectivity index (χ2n) is 8.71. The summed E-state index contributed by atoms with van der Waals surface area (Å²) in [4.78, 5) is 44.1. The van der Waals surface area contributed by atoms with Crippen LogP contribution in [0.15, 0.2) is 4.99 Å². The van der Waals surface area contributed by atoms with E-state index in [0.717, 1.165) is 23.0 Å². The van der Waals surface area contributed by atoms with Crippen LogP contribution in [0.4, 0.5) is 0 Å². The van der Waals surface area contributed by atoms with Crippen molar-refractivity contribution in [1.82, 2.24) is 15.1 Å². The summed E-state index contributed by atoms with van der Waals surface area (Å²) in [5.41, 5.74) is 4.43. The van der Waals surface area contributed by atoms with E-state index < -0.39 is 70.4 Å². The van der Waals surface area contributed by atoms with Crippen LogP contribution in [0.25, 0.3) is 0 Å². The highest BCUT2D eigenvalue weighted by Crippen LogP contribution is 2.50. The average molecular weight is 508 g/mol. The van der Waals surface area contributed by atoms with Crippen LogP contribution in [0.2, 0.25) is 0 Å². The number of carbonyl (C=O) groups is 3. The molecule has 0 aromatic heterocycles. The molecular weight excluding hydrogens is 478 g/mol. The van der Waals surface area contributed by atoms with Crippen molar-refractivity contribution in [2.45, 2.75) is 86.2 Å². The van der Waals surface area contributed by atoms with Gasteiger partial charge < -0.3 is 25.0 Å². The number of halogens is 1. The highest BCUT2D eigenvalue weighted by atomic mass is 35.5. The Labute approximate surface area is 200 Å². The second kappa shape index (κ2) is 8.72. The van der Waals surface area contributed by atoms with Gasteiger partial charge in [-0.05, 0) is 13.8 Å². The van der Waals surface area contributed by atoms with E-state index >= 15 is 0 Å². The number of ether oxygens (including phenoxy) is 1. The van der Waals surface area contributed by atoms with Crippen molar-refractivity contribution < 1.29 is 34.4 Å². The number of nitrogens with two attached hydrogens (primary N) is 1. The summed E-state index contributed by atoms with van der Waals surface area (Å²) in [6.45, 7) is 6.71. The zero-order valence-corrected chi connectivity index (χ0v) is 20.5. The molecule has 186 valence electrons. The molecule has 3 aliphatic rings. The summed E-state index contributed by atoms with van der Waals surface area (Å²) in [7, 11) is 0. The Morgan fingerprint density at radius 2 is 1.85 bits per heavy atom. The van der Waals surface area contributed by atoms with Crippen molar-refractivity contribution in [2.24, 2.45) is 10.7 Å². The summed E-state index contributed by atoms with van der Waals surface area (Å²) < 4.78 is 5.64. The van der Waals surface area contributed by atoms with Crippen LogP contribution in [0, 0.1) is 0 Å². The number of aliphatic hydroxyl groups is 3. The van der Waals surface area contributed by atoms with Gasteiger partial charge in [-0.1, -0.05) is 25.4 Å². The van der Waals surface area contributed by atoms with E-state index in [2.05, 4.69) is 10.3 Å². The fourth-order valence-corrected chi connectivity index (χ4v) is 6.58. The molecule has 3 rings (SSSR count). The maximum atomic E-state index is 13.1. The standard InChI is InChI=1S/C19H30ClN5O7S/c1-8(2)33-18(10(4)28)23-19(20,21)17(9(3)27)16(25(18)11(5)29)24(7-22-17)15-14(31)13(30)12(6-26)32-15/h7-8,12-16,23,26,30-31H,6,21H2,1-5H3/t12-,13?,14?,15-,16?,17?,18?,19?/m1/s1. The van der Waals surface area contributed by atoms with Gasteiger partial charge in [-0.3, -0.25) is 30.0 Å². The number of aliphatic imine (C=N–C) groups is 1. The molecule has 2 fully saturated rings. The Hall–Kier alpha value is -1.32. The Morgan fingerprint density at radius 3 is 2.27 bits per heavy atom. The molecule has 0 radical (unpaired) electrons. The van der Waals surface area contributed by atoms with Crippen LogP contribution in [0.3, 0.4) is 0 Å². The number of hydrogen-bond donors (Lipinski definition) is 5. The molecule has 3 heterocycles. The van der Waals surface area contributed by atoms with Crippen molar-refractivity contribution >= 4 is 47.2 Å². The first kappa shape index (κ1) is 26.3. The minimum Gasteiger partial charge on any atom is -0.394 e. The largest absolute Gasteiger partial charge is 0.394 e. The fraction of sp³-hybridized carbons (Fsp3) is 0.789. The Balaban J connectivity index is 2.25. The number of ketones is 2. The first-order valence-electron chi connectivity index (χ1n) is 10.4. The summed E-state index contributed by atoms with van der Waals surface area (Å²) in [5, 5.41) is 30.9. The molecule has 3 aliphatic heterocycles. The zero-order chi connectivity index (χ0) is 25.1. The van der Waals surface area contributed by atoms with E-state index in [0.29, 0.717) is 0 Å². The van der Waals surface area contributed by atoms with Gasteiger partial charge in [-0.25, -0.2) is 5.32 Å². The molecule has 6 unspecified atom stereocenters. The van der Waals surface area contributed by atoms with Gasteiger partial charge in [-0.15, -0.1) is 11.8 Å². The highest BCUT2D eigenvalue weighted by molar-refractivity contribution is 8.01. The van der Waals surface area contributed by atoms with Gasteiger partial charge >= 0.3 is 0 Å². The lowest BCUT2D eigenvalue weighted by Gasteiger charge is -2.60. The van der Waals surface area contributed by atoms with Crippen molar-refractivity contribution in [3.05, 3.63) is 0 Å². The first-order valence-corrected chi connectivity index (χ1v) is 11.7. The first-order chi connectivity index (χ1) is 15.2. The van der Waals surface area contributed by atoms with Gasteiger partial charge in [0.25, 0.3) is 0 Å². The van der Waals surface area contributed by atoms with Crippen LogP contribution >= 0.6 is 23.4 Å². The molecule has 6 N–H and O–H groups in total. The van der Waals surface area contributed by atoms with E-state index in [4.69, 9.17) is 22.1 Å². The van der Waals surface area contributed by atoms with E-state index in [9.17, 15) is 29.7 Å². The van der Waals surface area contributed by atoms with Crippen molar-refractivity contribution in [3.8, 4) is 0 Å². The Bertz CT molecular complexity index is 875. The smallest absolute Gasteiger partial charge is 0.223 e. The van der Waals surface area contributed by atoms with Crippen LogP contribution in [-0.2, 0) is 19.1 Å². The number of nitrogens with zero attached hydrogens (tertiary/aromatic N) is 3. The highest BCUT2D eigenvalue weighted by Gasteiger charge is 2.74. The lowest BCUT2D eigenvalue weighted by Crippen LogP contribution is -2.89. The molecule has 0 saturated carbocycles. The van der Waals surface area contributed by atoms with E-state index in [1.54, 1.807) is 0 Å². The monoisotopic (exact) mass is 507 g/mol. The lowest BCUT2D eigenvalue weighted by atomic mass is 9.83. The minimum absolute atomic E-state index is 0.190. The van der Waals surface area contributed by atoms with Gasteiger partial charge in [0, 0.05) is 12.2 Å². The number of hydrogen-bond acceptors (Lipinski definition) is 12. The van der Waals surface area contributed by atoms with Crippen LogP contribution in [0.1, 0.15) is 34.6 Å². The van der Waals surface area contributed by atoms with Crippen molar-refractivity contribution in [1.29, 1.82) is 0 Å². The molecule has 12 nitrogen and oxygen atoms in total. The van der Waals surface area contributed by atoms with Crippen LogP contribution in [-0.4, -0.2) is 107 Å². The number of Topliss-reactive ketones (excluding diaryl/α,β-unsaturated/α-hetero) is 2. The maximum Gasteiger partial charge on any atom is 0.223 e. The summed E-state index contributed by atoms with van der Waals surface area (Å²) >= 11 is 7.78. The molecule has 14 heteroatoms. The third kappa shape index (κ3) is 3.69. The summed E-state index contributed by atoms with van der Waals surface area (Å²) in [6.07, 6.45) is -5.67. The predicted octanol–water partition coefficient (Wildman–Crippen LogP) is -1.89. The average Bonchev–Trinajstić information content (AvgIpc) is 3.20. The third-order valence-electron chi connectivity index (χ3n) is 6.11. The Morgan fingerprint density at radius 1 is 1.24 bits per heavy atom. The predicted molar refractivity (Wildman–Crippen MR) is 120 cm³/mol. The second-order valence-corrected chi connectivity index (χ2v) is 11.1. The number of carbonyl (C=O) groups excluding carboxylic acids is 3. The summed E-state index contributed by atoms with van der Waals surface area (Å²) in [6, 6.07) is 0. The number of thioether (sulfide) groups is 1. The zero-order valence-electron chi connectivity index (χ0n) is 18.9. The lowest BCUT2D eigenvalue weighted by molar-refractivity contribution is -0.176. The maximum absolute atomic E-state index is 13.1. The van der Waals surface area contributed by atoms with Gasteiger partial charge in [-0.2, -0.15) is 0 Å². The van der Waals surface area contributed by atoms with Gasteiger partial charge in [0.05, 0.1) is 12.9 Å². The normalized spacial score (nSPS) is 42.7. The van der Waals surface area contributed by atoms with Gasteiger partial charge in [0.2, 0.25) is 16.4 Å². The molecule has 1 amide bonds. The molecule has 2 saturated heterocycles. The fourth-order valence-electron chi connectivity index (χ4n) is 4.70. The van der Waals surface area contributed by atoms with Crippen LogP contribution in [0.5, 0.6) is 0 Å². The molecule has 0 bridgehead atoms. The number of aliphatic hydroxyl groups excluding tert-OH is 3. The quantitative estimate of drug-likeness (QED) is 0.200. The molecule has 0 spiro atoms. The third-order valence-corrected chi connectivity index (χ3v) is 7.89. The van der Waals surface area contributed by atoms with Gasteiger partial charge in [0.1, 0.15) is 24.5 Å². The number of rotatable bonds is 6. The number of fused-ring (bicyclic) bond motifs is 1.